The van der Waals surface area contributed by atoms with Gasteiger partial charge in [0.25, 0.3) is 0 Å². The summed E-state index contributed by atoms with van der Waals surface area (Å²) in [4.78, 5) is 12.8. The van der Waals surface area contributed by atoms with E-state index in [0.717, 1.165) is 5.56 Å². The minimum absolute atomic E-state index is 0.0659. The van der Waals surface area contributed by atoms with Gasteiger partial charge in [0.15, 0.2) is 0 Å². The zero-order valence-corrected chi connectivity index (χ0v) is 15.6. The molecule has 1 aliphatic rings. The molecule has 0 bridgehead atoms. The minimum Gasteiger partial charge on any atom is -0.467 e. The first-order valence-corrected chi connectivity index (χ1v) is 10.5. The van der Waals surface area contributed by atoms with Crippen LogP contribution < -0.4 is 5.32 Å². The Labute approximate surface area is 154 Å². The van der Waals surface area contributed by atoms with Gasteiger partial charge in [-0.2, -0.15) is 0 Å². The van der Waals surface area contributed by atoms with Gasteiger partial charge in [-0.3, -0.25) is 4.79 Å². The fraction of sp³-hybridized carbons (Fsp3) is 0.421. The summed E-state index contributed by atoms with van der Waals surface area (Å²) < 4.78 is 30.9. The van der Waals surface area contributed by atoms with E-state index in [9.17, 15) is 13.2 Å². The summed E-state index contributed by atoms with van der Waals surface area (Å²) in [7, 11) is -3.19. The van der Waals surface area contributed by atoms with E-state index >= 15 is 0 Å². The van der Waals surface area contributed by atoms with Crippen LogP contribution in [0.4, 0.5) is 0 Å². The topological polar surface area (TPSA) is 79.6 Å². The molecule has 1 N–H and O–H groups in total. The number of hydrogen-bond acceptors (Lipinski definition) is 4. The van der Waals surface area contributed by atoms with Gasteiger partial charge in [0, 0.05) is 19.0 Å². The maximum atomic E-state index is 12.8. The molecule has 0 spiro atoms. The second kappa shape index (κ2) is 8.05. The highest BCUT2D eigenvalue weighted by Gasteiger charge is 2.31. The molecule has 1 atom stereocenters. The first-order valence-electron chi connectivity index (χ1n) is 8.88. The molecule has 6 nitrogen and oxygen atoms in total. The average Bonchev–Trinajstić information content (AvgIpc) is 3.21. The lowest BCUT2D eigenvalue weighted by atomic mass is 9.95. The molecule has 1 aromatic heterocycles. The number of sulfonamides is 1. The summed E-state index contributed by atoms with van der Waals surface area (Å²) >= 11 is 0. The van der Waals surface area contributed by atoms with Crippen LogP contribution in [0.2, 0.25) is 0 Å². The molecule has 26 heavy (non-hydrogen) atoms. The standard InChI is InChI=1S/C19H24N2O4S/c1-2-26(23,24)21-12-10-16(11-13-21)19(22)20-18(17-9-6-14-25-17)15-7-4-3-5-8-15/h3-9,14,16,18H,2,10-13H2,1H3,(H,20,22). The first-order chi connectivity index (χ1) is 12.5. The van der Waals surface area contributed by atoms with Crippen molar-refractivity contribution < 1.29 is 17.6 Å². The zero-order valence-electron chi connectivity index (χ0n) is 14.8. The Morgan fingerprint density at radius 3 is 2.46 bits per heavy atom. The normalized spacial score (nSPS) is 17.7. The Bertz CT molecular complexity index is 810. The van der Waals surface area contributed by atoms with Gasteiger partial charge in [-0.05, 0) is 37.5 Å². The third-order valence-corrected chi connectivity index (χ3v) is 6.71. The molecule has 3 rings (SSSR count). The molecule has 2 aromatic rings. The molecule has 0 aliphatic carbocycles. The number of benzene rings is 1. The van der Waals surface area contributed by atoms with Crippen molar-refractivity contribution >= 4 is 15.9 Å². The summed E-state index contributed by atoms with van der Waals surface area (Å²) in [5.74, 6) is 0.511. The van der Waals surface area contributed by atoms with E-state index in [1.165, 1.54) is 4.31 Å². The summed E-state index contributed by atoms with van der Waals surface area (Å²) in [5, 5.41) is 3.07. The van der Waals surface area contributed by atoms with E-state index in [1.54, 1.807) is 19.3 Å². The molecule has 0 saturated carbocycles. The average molecular weight is 376 g/mol. The molecule has 1 amide bonds. The van der Waals surface area contributed by atoms with Crippen molar-refractivity contribution in [1.82, 2.24) is 9.62 Å². The molecule has 140 valence electrons. The highest BCUT2D eigenvalue weighted by atomic mass is 32.2. The van der Waals surface area contributed by atoms with E-state index in [0.29, 0.717) is 31.7 Å². The maximum Gasteiger partial charge on any atom is 0.224 e. The van der Waals surface area contributed by atoms with Crippen LogP contribution in [0.25, 0.3) is 0 Å². The molecular formula is C19H24N2O4S. The molecule has 1 aliphatic heterocycles. The summed E-state index contributed by atoms with van der Waals surface area (Å²) in [6.07, 6.45) is 2.65. The third-order valence-electron chi connectivity index (χ3n) is 4.83. The Balaban J connectivity index is 1.68. The summed E-state index contributed by atoms with van der Waals surface area (Å²) in [6.45, 7) is 2.43. The monoisotopic (exact) mass is 376 g/mol. The highest BCUT2D eigenvalue weighted by Crippen LogP contribution is 2.25. The second-order valence-corrected chi connectivity index (χ2v) is 8.70. The predicted molar refractivity (Wildman–Crippen MR) is 98.9 cm³/mol. The number of rotatable bonds is 6. The molecule has 0 radical (unpaired) electrons. The van der Waals surface area contributed by atoms with Gasteiger partial charge in [-0.1, -0.05) is 30.3 Å². The quantitative estimate of drug-likeness (QED) is 0.840. The Hall–Kier alpha value is -2.12. The van der Waals surface area contributed by atoms with Crippen molar-refractivity contribution in [3.63, 3.8) is 0 Å². The van der Waals surface area contributed by atoms with Crippen molar-refractivity contribution in [1.29, 1.82) is 0 Å². The van der Waals surface area contributed by atoms with Crippen molar-refractivity contribution in [3.8, 4) is 0 Å². The molecule has 1 aromatic carbocycles. The van der Waals surface area contributed by atoms with Gasteiger partial charge >= 0.3 is 0 Å². The number of carbonyl (C=O) groups excluding carboxylic acids is 1. The van der Waals surface area contributed by atoms with E-state index in [1.807, 2.05) is 36.4 Å². The van der Waals surface area contributed by atoms with Crippen LogP contribution in [-0.2, 0) is 14.8 Å². The van der Waals surface area contributed by atoms with Gasteiger partial charge in [-0.15, -0.1) is 0 Å². The number of hydrogen-bond donors (Lipinski definition) is 1. The third kappa shape index (κ3) is 4.16. The molecule has 1 unspecified atom stereocenters. The second-order valence-electron chi connectivity index (χ2n) is 6.44. The van der Waals surface area contributed by atoms with Crippen molar-refractivity contribution in [2.24, 2.45) is 5.92 Å². The Kier molecular flexibility index (Phi) is 5.78. The highest BCUT2D eigenvalue weighted by molar-refractivity contribution is 7.89. The van der Waals surface area contributed by atoms with Gasteiger partial charge in [0.05, 0.1) is 12.0 Å². The zero-order chi connectivity index (χ0) is 18.6. The van der Waals surface area contributed by atoms with Crippen LogP contribution in [0.15, 0.2) is 53.1 Å². The van der Waals surface area contributed by atoms with E-state index < -0.39 is 10.0 Å². The first kappa shape index (κ1) is 18.7. The van der Waals surface area contributed by atoms with Gasteiger partial charge in [0.1, 0.15) is 11.8 Å². The fourth-order valence-electron chi connectivity index (χ4n) is 3.26. The lowest BCUT2D eigenvalue weighted by Gasteiger charge is -2.31. The Morgan fingerprint density at radius 2 is 1.88 bits per heavy atom. The van der Waals surface area contributed by atoms with E-state index in [2.05, 4.69) is 5.32 Å². The smallest absolute Gasteiger partial charge is 0.224 e. The molecular weight excluding hydrogens is 352 g/mol. The number of nitrogens with one attached hydrogen (secondary N) is 1. The molecule has 1 fully saturated rings. The van der Waals surface area contributed by atoms with Crippen LogP contribution in [0.3, 0.4) is 0 Å². The largest absolute Gasteiger partial charge is 0.467 e. The van der Waals surface area contributed by atoms with Crippen LogP contribution in [0.5, 0.6) is 0 Å². The number of amides is 1. The molecule has 7 heteroatoms. The number of furan rings is 1. The lowest BCUT2D eigenvalue weighted by molar-refractivity contribution is -0.126. The Morgan fingerprint density at radius 1 is 1.19 bits per heavy atom. The van der Waals surface area contributed by atoms with Gasteiger partial charge < -0.3 is 9.73 Å². The van der Waals surface area contributed by atoms with Crippen molar-refractivity contribution in [2.75, 3.05) is 18.8 Å². The maximum absolute atomic E-state index is 12.8. The van der Waals surface area contributed by atoms with Crippen LogP contribution in [0.1, 0.15) is 37.1 Å². The minimum atomic E-state index is -3.19. The predicted octanol–water partition coefficient (Wildman–Crippen LogP) is 2.55. The number of nitrogens with zero attached hydrogens (tertiary/aromatic N) is 1. The van der Waals surface area contributed by atoms with E-state index in [4.69, 9.17) is 4.42 Å². The number of piperidine rings is 1. The summed E-state index contributed by atoms with van der Waals surface area (Å²) in [6, 6.07) is 13.0. The van der Waals surface area contributed by atoms with Gasteiger partial charge in [-0.25, -0.2) is 12.7 Å². The summed E-state index contributed by atoms with van der Waals surface area (Å²) in [5.41, 5.74) is 0.946. The molecule has 1 saturated heterocycles. The van der Waals surface area contributed by atoms with Crippen LogP contribution >= 0.6 is 0 Å². The molecule has 2 heterocycles. The fourth-order valence-corrected chi connectivity index (χ4v) is 4.39. The van der Waals surface area contributed by atoms with E-state index in [-0.39, 0.29) is 23.6 Å². The van der Waals surface area contributed by atoms with Crippen LogP contribution in [-0.4, -0.2) is 37.5 Å². The lowest BCUT2D eigenvalue weighted by Crippen LogP contribution is -2.44. The van der Waals surface area contributed by atoms with Crippen molar-refractivity contribution in [3.05, 3.63) is 60.1 Å². The SMILES string of the molecule is CCS(=O)(=O)N1CCC(C(=O)NC(c2ccccc2)c2ccco2)CC1. The number of carbonyl (C=O) groups is 1. The van der Waals surface area contributed by atoms with Gasteiger partial charge in [0.2, 0.25) is 15.9 Å². The van der Waals surface area contributed by atoms with Crippen molar-refractivity contribution in [2.45, 2.75) is 25.8 Å². The van der Waals surface area contributed by atoms with Crippen LogP contribution in [0, 0.1) is 5.92 Å².